The highest BCUT2D eigenvalue weighted by atomic mass is 32.2. The molecule has 0 aromatic heterocycles. The van der Waals surface area contributed by atoms with Gasteiger partial charge >= 0.3 is 0 Å². The summed E-state index contributed by atoms with van der Waals surface area (Å²) in [7, 11) is 0. The van der Waals surface area contributed by atoms with Crippen molar-refractivity contribution < 1.29 is 9.35 Å². The molecule has 1 atom stereocenters. The Balaban J connectivity index is 4.03. The fourth-order valence-corrected chi connectivity index (χ4v) is 1.23. The minimum Gasteiger partial charge on any atom is -0.350 e. The molecule has 78 valence electrons. The van der Waals surface area contributed by atoms with Gasteiger partial charge in [-0.15, -0.1) is 0 Å². The summed E-state index contributed by atoms with van der Waals surface area (Å²) in [6.45, 7) is 7.68. The van der Waals surface area contributed by atoms with Gasteiger partial charge in [-0.3, -0.25) is 4.79 Å². The Bertz CT molecular complexity index is 171. The second kappa shape index (κ2) is 5.50. The average molecular weight is 205 g/mol. The van der Waals surface area contributed by atoms with Crippen molar-refractivity contribution in [3.8, 4) is 0 Å². The number of hydrogen-bond donors (Lipinski definition) is 2. The largest absolute Gasteiger partial charge is 0.350 e. The lowest BCUT2D eigenvalue weighted by Gasteiger charge is -2.26. The maximum absolute atomic E-state index is 11.5. The first-order chi connectivity index (χ1) is 5.93. The predicted molar refractivity (Wildman–Crippen MR) is 56.8 cm³/mol. The van der Waals surface area contributed by atoms with Crippen molar-refractivity contribution in [3.05, 3.63) is 0 Å². The van der Waals surface area contributed by atoms with E-state index in [1.807, 2.05) is 27.7 Å². The van der Waals surface area contributed by atoms with Crippen molar-refractivity contribution in [2.45, 2.75) is 39.7 Å². The molecule has 13 heavy (non-hydrogen) atoms. The third kappa shape index (κ3) is 5.16. The van der Waals surface area contributed by atoms with Crippen LogP contribution in [0.1, 0.15) is 34.1 Å². The van der Waals surface area contributed by atoms with E-state index < -0.39 is 0 Å². The highest BCUT2D eigenvalue weighted by Gasteiger charge is 2.22. The molecule has 0 aliphatic carbocycles. The first-order valence-electron chi connectivity index (χ1n) is 4.51. The highest BCUT2D eigenvalue weighted by Crippen LogP contribution is 2.11. The van der Waals surface area contributed by atoms with Crippen LogP contribution in [-0.4, -0.2) is 21.8 Å². The fourth-order valence-electron chi connectivity index (χ4n) is 0.840. The molecule has 0 aliphatic rings. The van der Waals surface area contributed by atoms with Gasteiger partial charge in [0.25, 0.3) is 0 Å². The SMILES string of the molecule is CCC(C)C(=O)NC(C)(C)CSO. The van der Waals surface area contributed by atoms with Crippen LogP contribution in [0.3, 0.4) is 0 Å². The fraction of sp³-hybridized carbons (Fsp3) is 0.889. The smallest absolute Gasteiger partial charge is 0.223 e. The predicted octanol–water partition coefficient (Wildman–Crippen LogP) is 2.13. The van der Waals surface area contributed by atoms with Gasteiger partial charge in [0.15, 0.2) is 0 Å². The van der Waals surface area contributed by atoms with Crippen LogP contribution in [-0.2, 0) is 4.79 Å². The molecule has 0 bridgehead atoms. The molecule has 0 spiro atoms. The number of rotatable bonds is 5. The third-order valence-electron chi connectivity index (χ3n) is 1.95. The van der Waals surface area contributed by atoms with Gasteiger partial charge in [-0.1, -0.05) is 13.8 Å². The zero-order valence-electron chi connectivity index (χ0n) is 8.76. The van der Waals surface area contributed by atoms with E-state index in [4.69, 9.17) is 4.55 Å². The molecule has 4 heteroatoms. The van der Waals surface area contributed by atoms with Crippen LogP contribution in [0, 0.1) is 5.92 Å². The van der Waals surface area contributed by atoms with E-state index in [9.17, 15) is 4.79 Å². The number of hydrogen-bond acceptors (Lipinski definition) is 3. The molecule has 1 amide bonds. The molecule has 0 saturated heterocycles. The van der Waals surface area contributed by atoms with Crippen molar-refractivity contribution in [1.82, 2.24) is 5.32 Å². The highest BCUT2D eigenvalue weighted by molar-refractivity contribution is 7.93. The maximum Gasteiger partial charge on any atom is 0.223 e. The molecule has 0 fully saturated rings. The van der Waals surface area contributed by atoms with Crippen LogP contribution in [0.15, 0.2) is 0 Å². The summed E-state index contributed by atoms with van der Waals surface area (Å²) in [6, 6.07) is 0. The van der Waals surface area contributed by atoms with E-state index in [2.05, 4.69) is 5.32 Å². The molecule has 3 nitrogen and oxygen atoms in total. The minimum atomic E-state index is -0.333. The van der Waals surface area contributed by atoms with Crippen molar-refractivity contribution in [2.75, 3.05) is 5.75 Å². The molecular formula is C9H19NO2S. The molecule has 0 rings (SSSR count). The van der Waals surface area contributed by atoms with Gasteiger partial charge in [0, 0.05) is 17.2 Å². The van der Waals surface area contributed by atoms with Crippen molar-refractivity contribution in [3.63, 3.8) is 0 Å². The summed E-state index contributed by atoms with van der Waals surface area (Å²) in [5, 5.41) is 2.89. The van der Waals surface area contributed by atoms with E-state index in [-0.39, 0.29) is 17.4 Å². The van der Waals surface area contributed by atoms with Gasteiger partial charge in [0.05, 0.1) is 0 Å². The van der Waals surface area contributed by atoms with Crippen LogP contribution < -0.4 is 5.32 Å². The molecule has 0 saturated carbocycles. The molecular weight excluding hydrogens is 186 g/mol. The molecule has 0 aromatic carbocycles. The van der Waals surface area contributed by atoms with Crippen LogP contribution in [0.4, 0.5) is 0 Å². The quantitative estimate of drug-likeness (QED) is 0.676. The molecule has 2 N–H and O–H groups in total. The lowest BCUT2D eigenvalue weighted by Crippen LogP contribution is -2.47. The Labute approximate surface area is 84.5 Å². The zero-order chi connectivity index (χ0) is 10.5. The molecule has 1 unspecified atom stereocenters. The monoisotopic (exact) mass is 205 g/mol. The Kier molecular flexibility index (Phi) is 5.40. The second-order valence-electron chi connectivity index (χ2n) is 3.96. The molecule has 0 aromatic rings. The minimum absolute atomic E-state index is 0.0444. The van der Waals surface area contributed by atoms with Crippen LogP contribution in [0.25, 0.3) is 0 Å². The van der Waals surface area contributed by atoms with Gasteiger partial charge in [0.1, 0.15) is 0 Å². The van der Waals surface area contributed by atoms with E-state index in [1.54, 1.807) is 0 Å². The first-order valence-corrected chi connectivity index (χ1v) is 5.45. The first kappa shape index (κ1) is 12.8. The number of carbonyl (C=O) groups is 1. The van der Waals surface area contributed by atoms with Gasteiger partial charge in [-0.25, -0.2) is 0 Å². The van der Waals surface area contributed by atoms with E-state index in [1.165, 1.54) is 0 Å². The van der Waals surface area contributed by atoms with Crippen molar-refractivity contribution in [1.29, 1.82) is 0 Å². The van der Waals surface area contributed by atoms with Crippen LogP contribution in [0.5, 0.6) is 0 Å². The standard InChI is InChI=1S/C9H19NO2S/c1-5-7(2)8(11)10-9(3,4)6-13-12/h7,12H,5-6H2,1-4H3,(H,10,11). The third-order valence-corrected chi connectivity index (χ3v) is 2.80. The Morgan fingerprint density at radius 1 is 1.62 bits per heavy atom. The number of amides is 1. The maximum atomic E-state index is 11.5. The normalized spacial score (nSPS) is 13.9. The second-order valence-corrected chi connectivity index (χ2v) is 4.50. The van der Waals surface area contributed by atoms with Gasteiger partial charge in [0.2, 0.25) is 5.91 Å². The van der Waals surface area contributed by atoms with E-state index >= 15 is 0 Å². The summed E-state index contributed by atoms with van der Waals surface area (Å²) < 4.78 is 8.68. The number of nitrogens with one attached hydrogen (secondary N) is 1. The topological polar surface area (TPSA) is 49.3 Å². The van der Waals surface area contributed by atoms with Crippen LogP contribution >= 0.6 is 12.0 Å². The van der Waals surface area contributed by atoms with E-state index in [0.717, 1.165) is 18.5 Å². The Hall–Kier alpha value is -0.220. The van der Waals surface area contributed by atoms with E-state index in [0.29, 0.717) is 5.75 Å². The summed E-state index contributed by atoms with van der Waals surface area (Å²) in [5.74, 6) is 0.611. The van der Waals surface area contributed by atoms with Crippen LogP contribution in [0.2, 0.25) is 0 Å². The van der Waals surface area contributed by atoms with Crippen molar-refractivity contribution in [2.24, 2.45) is 5.92 Å². The van der Waals surface area contributed by atoms with Gasteiger partial charge in [-0.2, -0.15) is 0 Å². The van der Waals surface area contributed by atoms with Crippen molar-refractivity contribution >= 4 is 17.9 Å². The Morgan fingerprint density at radius 3 is 2.54 bits per heavy atom. The number of carbonyl (C=O) groups excluding carboxylic acids is 1. The summed E-state index contributed by atoms with van der Waals surface area (Å²) >= 11 is 0.755. The van der Waals surface area contributed by atoms with Gasteiger partial charge < -0.3 is 9.87 Å². The summed E-state index contributed by atoms with van der Waals surface area (Å²) in [4.78, 5) is 11.5. The molecule has 0 aliphatic heterocycles. The zero-order valence-corrected chi connectivity index (χ0v) is 9.57. The summed E-state index contributed by atoms with van der Waals surface area (Å²) in [6.07, 6.45) is 0.841. The lowest BCUT2D eigenvalue weighted by atomic mass is 10.0. The molecule has 0 radical (unpaired) electrons. The average Bonchev–Trinajstić information content (AvgIpc) is 2.01. The molecule has 0 heterocycles. The Morgan fingerprint density at radius 2 is 2.15 bits per heavy atom. The summed E-state index contributed by atoms with van der Waals surface area (Å²) in [5.41, 5.74) is -0.333. The van der Waals surface area contributed by atoms with Gasteiger partial charge in [-0.05, 0) is 32.3 Å². The lowest BCUT2D eigenvalue weighted by molar-refractivity contribution is -0.125.